The van der Waals surface area contributed by atoms with Crippen molar-refractivity contribution in [3.63, 3.8) is 0 Å². The highest BCUT2D eigenvalue weighted by Gasteiger charge is 2.19. The maximum Gasteiger partial charge on any atom is 0.231 e. The van der Waals surface area contributed by atoms with Gasteiger partial charge in [-0.25, -0.2) is 4.98 Å². The highest BCUT2D eigenvalue weighted by molar-refractivity contribution is 5.85. The lowest BCUT2D eigenvalue weighted by atomic mass is 10.1. The van der Waals surface area contributed by atoms with Crippen LogP contribution in [0.2, 0.25) is 0 Å². The van der Waals surface area contributed by atoms with Gasteiger partial charge in [0.1, 0.15) is 22.9 Å². The molecule has 22 heavy (non-hydrogen) atoms. The van der Waals surface area contributed by atoms with Gasteiger partial charge in [-0.3, -0.25) is 0 Å². The predicted molar refractivity (Wildman–Crippen MR) is 80.8 cm³/mol. The first-order valence-electron chi connectivity index (χ1n) is 6.81. The molecule has 0 bridgehead atoms. The second kappa shape index (κ2) is 4.84. The molecule has 2 aromatic carbocycles. The third-order valence-corrected chi connectivity index (χ3v) is 3.64. The van der Waals surface area contributed by atoms with Gasteiger partial charge in [0.15, 0.2) is 11.5 Å². The van der Waals surface area contributed by atoms with Crippen molar-refractivity contribution in [3.05, 3.63) is 30.3 Å². The lowest BCUT2D eigenvalue weighted by Crippen LogP contribution is -1.94. The summed E-state index contributed by atoms with van der Waals surface area (Å²) in [7, 11) is 3.24. The maximum atomic E-state index is 5.43. The van der Waals surface area contributed by atoms with Crippen molar-refractivity contribution in [3.8, 4) is 34.4 Å². The van der Waals surface area contributed by atoms with E-state index in [0.29, 0.717) is 23.1 Å². The quantitative estimate of drug-likeness (QED) is 0.805. The summed E-state index contributed by atoms with van der Waals surface area (Å²) in [5, 5.41) is 0. The zero-order valence-corrected chi connectivity index (χ0v) is 12.2. The molecule has 1 aromatic heterocycles. The summed E-state index contributed by atoms with van der Waals surface area (Å²) in [5.74, 6) is 3.48. The number of rotatable bonds is 3. The highest BCUT2D eigenvalue weighted by Crippen LogP contribution is 2.40. The Kier molecular flexibility index (Phi) is 2.82. The number of fused-ring (bicyclic) bond motifs is 2. The van der Waals surface area contributed by atoms with Crippen LogP contribution in [0.25, 0.3) is 22.4 Å². The summed E-state index contributed by atoms with van der Waals surface area (Å²) in [6, 6.07) is 9.37. The number of methoxy groups -OCH3 is 2. The van der Waals surface area contributed by atoms with Crippen molar-refractivity contribution in [1.29, 1.82) is 0 Å². The zero-order valence-electron chi connectivity index (χ0n) is 12.2. The summed E-state index contributed by atoms with van der Waals surface area (Å²) in [5.41, 5.74) is 2.45. The van der Waals surface area contributed by atoms with Gasteiger partial charge in [0, 0.05) is 12.1 Å². The van der Waals surface area contributed by atoms with Gasteiger partial charge in [-0.15, -0.1) is 0 Å². The minimum atomic E-state index is 0.245. The molecule has 3 aromatic rings. The second-order valence-electron chi connectivity index (χ2n) is 4.85. The first kappa shape index (κ1) is 12.8. The molecule has 0 saturated heterocycles. The fraction of sp³-hybridized carbons (Fsp3) is 0.188. The van der Waals surface area contributed by atoms with Crippen LogP contribution in [0.15, 0.2) is 30.3 Å². The number of aromatic nitrogens is 2. The van der Waals surface area contributed by atoms with Crippen molar-refractivity contribution in [2.45, 2.75) is 0 Å². The Hall–Kier alpha value is -2.89. The van der Waals surface area contributed by atoms with E-state index in [2.05, 4.69) is 9.97 Å². The van der Waals surface area contributed by atoms with E-state index in [1.54, 1.807) is 14.2 Å². The van der Waals surface area contributed by atoms with Crippen LogP contribution < -0.4 is 18.9 Å². The minimum Gasteiger partial charge on any atom is -0.496 e. The lowest BCUT2D eigenvalue weighted by Gasteiger charge is -2.10. The Balaban J connectivity index is 1.92. The van der Waals surface area contributed by atoms with Gasteiger partial charge < -0.3 is 23.9 Å². The lowest BCUT2D eigenvalue weighted by molar-refractivity contribution is 0.174. The fourth-order valence-electron chi connectivity index (χ4n) is 2.60. The minimum absolute atomic E-state index is 0.245. The van der Waals surface area contributed by atoms with E-state index in [0.717, 1.165) is 22.3 Å². The average Bonchev–Trinajstić information content (AvgIpc) is 3.16. The highest BCUT2D eigenvalue weighted by atomic mass is 16.7. The molecule has 1 aliphatic rings. The molecule has 4 rings (SSSR count). The SMILES string of the molecule is COc1cccc(OC)c1-c1nc2cc3c(cc2[nH]1)OCO3. The molecule has 0 radical (unpaired) electrons. The third kappa shape index (κ3) is 1.84. The Morgan fingerprint density at radius 1 is 1.05 bits per heavy atom. The monoisotopic (exact) mass is 298 g/mol. The largest absolute Gasteiger partial charge is 0.496 e. The molecule has 0 spiro atoms. The average molecular weight is 298 g/mol. The Bertz CT molecular complexity index is 793. The van der Waals surface area contributed by atoms with Gasteiger partial charge in [0.25, 0.3) is 0 Å². The number of aromatic amines is 1. The van der Waals surface area contributed by atoms with Gasteiger partial charge >= 0.3 is 0 Å². The van der Waals surface area contributed by atoms with Crippen LogP contribution >= 0.6 is 0 Å². The van der Waals surface area contributed by atoms with Crippen molar-refractivity contribution in [2.24, 2.45) is 0 Å². The van der Waals surface area contributed by atoms with Gasteiger partial charge in [0.2, 0.25) is 6.79 Å². The molecule has 6 nitrogen and oxygen atoms in total. The first-order chi connectivity index (χ1) is 10.8. The summed E-state index contributed by atoms with van der Waals surface area (Å²) in [4.78, 5) is 7.91. The van der Waals surface area contributed by atoms with Gasteiger partial charge in [-0.1, -0.05) is 6.07 Å². The molecule has 0 aliphatic carbocycles. The maximum absolute atomic E-state index is 5.43. The molecule has 6 heteroatoms. The van der Waals surface area contributed by atoms with E-state index >= 15 is 0 Å². The third-order valence-electron chi connectivity index (χ3n) is 3.64. The van der Waals surface area contributed by atoms with Crippen LogP contribution in [0.1, 0.15) is 0 Å². The summed E-state index contributed by atoms with van der Waals surface area (Å²) >= 11 is 0. The molecule has 0 atom stereocenters. The van der Waals surface area contributed by atoms with Crippen LogP contribution in [0.3, 0.4) is 0 Å². The zero-order chi connectivity index (χ0) is 15.1. The standard InChI is InChI=1S/C16H14N2O4/c1-19-11-4-3-5-12(20-2)15(11)16-17-9-6-13-14(22-8-21-13)7-10(9)18-16/h3-7H,8H2,1-2H3,(H,17,18). The van der Waals surface area contributed by atoms with Crippen LogP contribution in [-0.4, -0.2) is 31.0 Å². The molecule has 0 unspecified atom stereocenters. The first-order valence-corrected chi connectivity index (χ1v) is 6.81. The number of imidazole rings is 1. The van der Waals surface area contributed by atoms with Crippen LogP contribution in [0.4, 0.5) is 0 Å². The predicted octanol–water partition coefficient (Wildman–Crippen LogP) is 2.98. The molecule has 1 aliphatic heterocycles. The topological polar surface area (TPSA) is 65.6 Å². The van der Waals surface area contributed by atoms with Crippen molar-refractivity contribution < 1.29 is 18.9 Å². The smallest absolute Gasteiger partial charge is 0.231 e. The summed E-state index contributed by atoms with van der Waals surface area (Å²) in [6.07, 6.45) is 0. The molecule has 2 heterocycles. The number of H-pyrrole nitrogens is 1. The van der Waals surface area contributed by atoms with Crippen LogP contribution in [0, 0.1) is 0 Å². The molecule has 0 saturated carbocycles. The van der Waals surface area contributed by atoms with Gasteiger partial charge in [-0.05, 0) is 12.1 Å². The molecule has 0 amide bonds. The Morgan fingerprint density at radius 2 is 1.73 bits per heavy atom. The number of nitrogens with one attached hydrogen (secondary N) is 1. The van der Waals surface area contributed by atoms with E-state index < -0.39 is 0 Å². The second-order valence-corrected chi connectivity index (χ2v) is 4.85. The molecule has 1 N–H and O–H groups in total. The van der Waals surface area contributed by atoms with E-state index in [9.17, 15) is 0 Å². The van der Waals surface area contributed by atoms with Crippen molar-refractivity contribution in [1.82, 2.24) is 9.97 Å². The van der Waals surface area contributed by atoms with E-state index in [1.165, 1.54) is 0 Å². The fourth-order valence-corrected chi connectivity index (χ4v) is 2.60. The van der Waals surface area contributed by atoms with E-state index in [1.807, 2.05) is 30.3 Å². The van der Waals surface area contributed by atoms with E-state index in [4.69, 9.17) is 18.9 Å². The van der Waals surface area contributed by atoms with Crippen molar-refractivity contribution in [2.75, 3.05) is 21.0 Å². The van der Waals surface area contributed by atoms with Crippen LogP contribution in [-0.2, 0) is 0 Å². The Labute approximate surface area is 126 Å². The summed E-state index contributed by atoms with van der Waals surface area (Å²) < 4.78 is 21.6. The summed E-state index contributed by atoms with van der Waals surface area (Å²) in [6.45, 7) is 0.245. The normalized spacial score (nSPS) is 12.6. The molecular weight excluding hydrogens is 284 g/mol. The van der Waals surface area contributed by atoms with Gasteiger partial charge in [-0.2, -0.15) is 0 Å². The number of hydrogen-bond donors (Lipinski definition) is 1. The number of hydrogen-bond acceptors (Lipinski definition) is 5. The molecular formula is C16H14N2O4. The number of benzene rings is 2. The molecule has 112 valence electrons. The van der Waals surface area contributed by atoms with E-state index in [-0.39, 0.29) is 6.79 Å². The number of nitrogens with zero attached hydrogens (tertiary/aromatic N) is 1. The van der Waals surface area contributed by atoms with Gasteiger partial charge in [0.05, 0.1) is 25.3 Å². The molecule has 0 fully saturated rings. The Morgan fingerprint density at radius 3 is 2.41 bits per heavy atom. The van der Waals surface area contributed by atoms with Crippen LogP contribution in [0.5, 0.6) is 23.0 Å². The van der Waals surface area contributed by atoms with Crippen molar-refractivity contribution >= 4 is 11.0 Å². The number of ether oxygens (including phenoxy) is 4.